The summed E-state index contributed by atoms with van der Waals surface area (Å²) < 4.78 is 12.6. The molecule has 2 aliphatic carbocycles. The Balaban J connectivity index is 1.60. The van der Waals surface area contributed by atoms with E-state index in [1.54, 1.807) is 17.0 Å². The van der Waals surface area contributed by atoms with Gasteiger partial charge in [-0.3, -0.25) is 9.59 Å². The van der Waals surface area contributed by atoms with Gasteiger partial charge in [0, 0.05) is 45.8 Å². The van der Waals surface area contributed by atoms with Gasteiger partial charge in [0.05, 0.1) is 24.6 Å². The molecule has 0 amide bonds. The molecule has 0 unspecified atom stereocenters. The minimum Gasteiger partial charge on any atom is -0.548 e. The molecule has 7 nitrogen and oxygen atoms in total. The number of allylic oxidation sites excluding steroid dienone is 4. The molecule has 0 bridgehead atoms. The topological polar surface area (TPSA) is 96.0 Å². The molecule has 0 saturated heterocycles. The lowest BCUT2D eigenvalue weighted by molar-refractivity contribution is -0.305. The van der Waals surface area contributed by atoms with Crippen molar-refractivity contribution in [3.8, 4) is 11.5 Å². The summed E-state index contributed by atoms with van der Waals surface area (Å²) in [5.41, 5.74) is 3.84. The summed E-state index contributed by atoms with van der Waals surface area (Å²) in [6.07, 6.45) is 3.02. The van der Waals surface area contributed by atoms with Crippen molar-refractivity contribution in [1.29, 1.82) is 0 Å². The third kappa shape index (κ3) is 4.99. The minimum atomic E-state index is -1.25. The summed E-state index contributed by atoms with van der Waals surface area (Å²) >= 11 is 10.2. The molecular weight excluding hydrogens is 574 g/mol. The van der Waals surface area contributed by atoms with Gasteiger partial charge in [-0.05, 0) is 61.1 Å². The van der Waals surface area contributed by atoms with Crippen molar-refractivity contribution in [2.24, 2.45) is 0 Å². The smallest absolute Gasteiger partial charge is 0.180 e. The maximum Gasteiger partial charge on any atom is 0.180 e. The lowest BCUT2D eigenvalue weighted by atomic mass is 9.71. The molecule has 38 heavy (non-hydrogen) atoms. The highest BCUT2D eigenvalue weighted by Crippen LogP contribution is 2.51. The normalized spacial score (nSPS) is 17.9. The number of ether oxygens (including phenoxy) is 2. The number of rotatable bonds is 7. The number of benzene rings is 2. The molecule has 0 saturated carbocycles. The lowest BCUT2D eigenvalue weighted by Gasteiger charge is -2.44. The number of carboxylic acids is 1. The summed E-state index contributed by atoms with van der Waals surface area (Å²) in [6, 6.07) is 11.2. The van der Waals surface area contributed by atoms with E-state index in [9.17, 15) is 19.5 Å². The fraction of sp³-hybridized carbons (Fsp3) is 0.345. The highest BCUT2D eigenvalue weighted by molar-refractivity contribution is 9.10. The molecule has 0 N–H and O–H groups in total. The zero-order chi connectivity index (χ0) is 27.0. The summed E-state index contributed by atoms with van der Waals surface area (Å²) in [5, 5.41) is 12.0. The van der Waals surface area contributed by atoms with Crippen LogP contribution in [0.5, 0.6) is 11.5 Å². The Kier molecular flexibility index (Phi) is 7.63. The number of carbonyl (C=O) groups is 3. The van der Waals surface area contributed by atoms with Crippen molar-refractivity contribution in [1.82, 2.24) is 4.90 Å². The summed E-state index contributed by atoms with van der Waals surface area (Å²) in [7, 11) is 1.51. The Labute approximate surface area is 234 Å². The van der Waals surface area contributed by atoms with Gasteiger partial charge in [-0.15, -0.1) is 0 Å². The monoisotopic (exact) mass is 598 g/mol. The number of halogens is 2. The Morgan fingerprint density at radius 2 is 1.63 bits per heavy atom. The van der Waals surface area contributed by atoms with Crippen molar-refractivity contribution >= 4 is 45.1 Å². The van der Waals surface area contributed by atoms with Gasteiger partial charge in [0.25, 0.3) is 0 Å². The molecule has 0 spiro atoms. The highest BCUT2D eigenvalue weighted by atomic mass is 79.9. The van der Waals surface area contributed by atoms with Gasteiger partial charge in [0.2, 0.25) is 0 Å². The summed E-state index contributed by atoms with van der Waals surface area (Å²) in [5.74, 6) is -1.33. The average molecular weight is 600 g/mol. The number of nitrogens with zero attached hydrogens (tertiary/aromatic N) is 1. The number of Topliss-reactive ketones (excluding diaryl/α,β-unsaturated/α-hetero) is 2. The molecular formula is C29H26BrClNO6-. The number of hydrogen-bond acceptors (Lipinski definition) is 7. The molecule has 0 atom stereocenters. The Morgan fingerprint density at radius 1 is 1.03 bits per heavy atom. The number of ketones is 2. The Morgan fingerprint density at radius 3 is 2.18 bits per heavy atom. The molecule has 5 rings (SSSR count). The van der Waals surface area contributed by atoms with Crippen molar-refractivity contribution in [3.63, 3.8) is 0 Å². The van der Waals surface area contributed by atoms with Crippen LogP contribution in [0.4, 0.5) is 0 Å². The van der Waals surface area contributed by atoms with Crippen molar-refractivity contribution < 1.29 is 29.0 Å². The lowest BCUT2D eigenvalue weighted by Crippen LogP contribution is -2.44. The summed E-state index contributed by atoms with van der Waals surface area (Å²) in [6.45, 7) is -0.121. The van der Waals surface area contributed by atoms with E-state index in [-0.39, 0.29) is 18.2 Å². The fourth-order valence-corrected chi connectivity index (χ4v) is 6.19. The van der Waals surface area contributed by atoms with Crippen LogP contribution in [-0.2, 0) is 21.0 Å². The number of hydrogen-bond donors (Lipinski definition) is 0. The van der Waals surface area contributed by atoms with Crippen LogP contribution in [0.25, 0.3) is 0 Å². The van der Waals surface area contributed by atoms with Gasteiger partial charge >= 0.3 is 0 Å². The van der Waals surface area contributed by atoms with Gasteiger partial charge < -0.3 is 24.3 Å². The van der Waals surface area contributed by atoms with Crippen LogP contribution >= 0.6 is 27.5 Å². The molecule has 1 aliphatic heterocycles. The van der Waals surface area contributed by atoms with Crippen molar-refractivity contribution in [3.05, 3.63) is 79.6 Å². The number of carboxylic acid groups (broad SMARTS) is 1. The number of aliphatic carboxylic acids is 1. The second-order valence-electron chi connectivity index (χ2n) is 9.61. The van der Waals surface area contributed by atoms with E-state index in [0.717, 1.165) is 10.0 Å². The van der Waals surface area contributed by atoms with E-state index in [2.05, 4.69) is 15.9 Å². The van der Waals surface area contributed by atoms with E-state index in [1.807, 2.05) is 24.3 Å². The van der Waals surface area contributed by atoms with Gasteiger partial charge in [-0.25, -0.2) is 0 Å². The largest absolute Gasteiger partial charge is 0.548 e. The van der Waals surface area contributed by atoms with E-state index in [4.69, 9.17) is 21.1 Å². The van der Waals surface area contributed by atoms with Crippen LogP contribution in [0, 0.1) is 0 Å². The first-order chi connectivity index (χ1) is 18.3. The molecule has 2 aromatic rings. The minimum absolute atomic E-state index is 0.0878. The zero-order valence-electron chi connectivity index (χ0n) is 20.9. The van der Waals surface area contributed by atoms with Crippen LogP contribution in [-0.4, -0.2) is 36.1 Å². The van der Waals surface area contributed by atoms with Crippen LogP contribution < -0.4 is 14.6 Å². The molecule has 198 valence electrons. The zero-order valence-corrected chi connectivity index (χ0v) is 23.2. The third-order valence-electron chi connectivity index (χ3n) is 7.26. The quantitative estimate of drug-likeness (QED) is 0.449. The van der Waals surface area contributed by atoms with Crippen LogP contribution in [0.1, 0.15) is 55.6 Å². The van der Waals surface area contributed by atoms with Crippen molar-refractivity contribution in [2.75, 3.05) is 13.7 Å². The Bertz CT molecular complexity index is 1340. The maximum atomic E-state index is 13.3. The first kappa shape index (κ1) is 26.5. The highest BCUT2D eigenvalue weighted by Gasteiger charge is 2.43. The van der Waals surface area contributed by atoms with Crippen LogP contribution in [0.15, 0.2) is 63.4 Å². The van der Waals surface area contributed by atoms with E-state index < -0.39 is 18.4 Å². The molecule has 0 aromatic heterocycles. The maximum absolute atomic E-state index is 13.3. The van der Waals surface area contributed by atoms with Gasteiger partial charge in [-0.2, -0.15) is 0 Å². The fourth-order valence-electron chi connectivity index (χ4n) is 5.65. The number of methoxy groups -OCH3 is 1. The predicted molar refractivity (Wildman–Crippen MR) is 143 cm³/mol. The number of carbonyl (C=O) groups excluding carboxylic acids is 3. The molecule has 1 heterocycles. The van der Waals surface area contributed by atoms with Crippen LogP contribution in [0.2, 0.25) is 5.02 Å². The molecule has 0 radical (unpaired) electrons. The molecule has 0 fully saturated rings. The first-order valence-electron chi connectivity index (χ1n) is 12.5. The predicted octanol–water partition coefficient (Wildman–Crippen LogP) is 4.85. The van der Waals surface area contributed by atoms with Crippen LogP contribution in [0.3, 0.4) is 0 Å². The second-order valence-corrected chi connectivity index (χ2v) is 10.9. The van der Waals surface area contributed by atoms with E-state index in [1.165, 1.54) is 7.11 Å². The van der Waals surface area contributed by atoms with Gasteiger partial charge in [-0.1, -0.05) is 39.7 Å². The standard InChI is InChI=1S/C29H27BrClNO6/c1-37-24-13-17(12-19(31)29(24)38-15-16-8-10-18(30)11-9-16)26-27-20(4-2-6-22(27)33)32(14-25(35)36)21-5-3-7-23(34)28(21)26/h8-13,26H,2-7,14-15H2,1H3,(H,35,36)/p-1. The second kappa shape index (κ2) is 10.9. The first-order valence-corrected chi connectivity index (χ1v) is 13.7. The molecule has 9 heteroatoms. The van der Waals surface area contributed by atoms with E-state index in [0.29, 0.717) is 83.2 Å². The third-order valence-corrected chi connectivity index (χ3v) is 8.06. The van der Waals surface area contributed by atoms with E-state index >= 15 is 0 Å². The molecule has 2 aromatic carbocycles. The van der Waals surface area contributed by atoms with Crippen molar-refractivity contribution in [2.45, 2.75) is 51.0 Å². The SMILES string of the molecule is COc1cc(C2C3=C(CCCC3=O)N(CC(=O)[O-])C3=C2C(=O)CCC3)cc(Cl)c1OCc1ccc(Br)cc1. The average Bonchev–Trinajstić information content (AvgIpc) is 2.89. The van der Waals surface area contributed by atoms with Gasteiger partial charge in [0.1, 0.15) is 6.61 Å². The summed E-state index contributed by atoms with van der Waals surface area (Å²) in [4.78, 5) is 40.0. The molecule has 3 aliphatic rings. The van der Waals surface area contributed by atoms with Gasteiger partial charge in [0.15, 0.2) is 23.1 Å². The Hall–Kier alpha value is -3.10.